The van der Waals surface area contributed by atoms with E-state index in [1.165, 1.54) is 0 Å². The van der Waals surface area contributed by atoms with Crippen LogP contribution in [0.3, 0.4) is 0 Å². The average molecular weight is 347 g/mol. The highest BCUT2D eigenvalue weighted by molar-refractivity contribution is 5.95. The molecule has 1 saturated heterocycles. The van der Waals surface area contributed by atoms with Gasteiger partial charge in [0.25, 0.3) is 5.91 Å². The molecule has 0 bridgehead atoms. The minimum absolute atomic E-state index is 0.0944. The molecular weight excluding hydrogens is 326 g/mol. The lowest BCUT2D eigenvalue weighted by molar-refractivity contribution is 0.0642. The Hall–Kier alpha value is -3.11. The van der Waals surface area contributed by atoms with Crippen LogP contribution in [0, 0.1) is 0 Å². The maximum absolute atomic E-state index is 12.6. The standard InChI is InChI=1S/C20H21N5O/c1-16-15-19(25-18(22-16)9-5-6-10-21-25)23-11-13-24(14-12-23)20(26)17-7-3-2-4-8-17/h2-5,7-8,10,15H,6,11-14H2,1H3. The molecule has 0 aliphatic carbocycles. The van der Waals surface area contributed by atoms with E-state index in [0.717, 1.165) is 42.4 Å². The number of piperazine rings is 1. The number of carbonyl (C=O) groups excluding carboxylic acids is 1. The van der Waals surface area contributed by atoms with Crippen molar-refractivity contribution in [2.45, 2.75) is 13.3 Å². The van der Waals surface area contributed by atoms with Crippen LogP contribution in [0.2, 0.25) is 0 Å². The van der Waals surface area contributed by atoms with Gasteiger partial charge < -0.3 is 9.80 Å². The molecule has 0 spiro atoms. The number of benzene rings is 1. The van der Waals surface area contributed by atoms with Gasteiger partial charge >= 0.3 is 0 Å². The number of hydrazone groups is 1. The summed E-state index contributed by atoms with van der Waals surface area (Å²) in [5.74, 6) is 1.81. The number of aliphatic imine (C=N–C) groups is 1. The van der Waals surface area contributed by atoms with Gasteiger partial charge in [0.05, 0.1) is 0 Å². The maximum Gasteiger partial charge on any atom is 0.253 e. The van der Waals surface area contributed by atoms with Crippen LogP contribution in [-0.2, 0) is 0 Å². The summed E-state index contributed by atoms with van der Waals surface area (Å²) in [5, 5.41) is 6.36. The van der Waals surface area contributed by atoms with Crippen molar-refractivity contribution in [3.8, 4) is 0 Å². The monoisotopic (exact) mass is 347 g/mol. The van der Waals surface area contributed by atoms with Crippen LogP contribution in [0.5, 0.6) is 0 Å². The highest BCUT2D eigenvalue weighted by Crippen LogP contribution is 2.25. The first-order chi connectivity index (χ1) is 12.7. The topological polar surface area (TPSA) is 51.5 Å². The summed E-state index contributed by atoms with van der Waals surface area (Å²) in [4.78, 5) is 21.3. The van der Waals surface area contributed by atoms with E-state index < -0.39 is 0 Å². The van der Waals surface area contributed by atoms with Crippen LogP contribution in [0.15, 0.2) is 70.0 Å². The predicted molar refractivity (Wildman–Crippen MR) is 102 cm³/mol. The maximum atomic E-state index is 12.6. The van der Waals surface area contributed by atoms with Gasteiger partial charge in [-0.25, -0.2) is 4.99 Å². The lowest BCUT2D eigenvalue weighted by Gasteiger charge is -2.40. The van der Waals surface area contributed by atoms with Gasteiger partial charge in [0.1, 0.15) is 5.82 Å². The van der Waals surface area contributed by atoms with E-state index in [9.17, 15) is 4.79 Å². The number of rotatable bonds is 2. The molecule has 1 amide bonds. The summed E-state index contributed by atoms with van der Waals surface area (Å²) in [6.07, 6.45) is 6.60. The van der Waals surface area contributed by atoms with Gasteiger partial charge in [0.15, 0.2) is 5.82 Å². The Morgan fingerprint density at radius 2 is 1.88 bits per heavy atom. The second-order valence-electron chi connectivity index (χ2n) is 6.42. The van der Waals surface area contributed by atoms with Gasteiger partial charge in [-0.05, 0) is 25.1 Å². The molecule has 0 N–H and O–H groups in total. The first kappa shape index (κ1) is 16.4. The van der Waals surface area contributed by atoms with Crippen LogP contribution in [0.25, 0.3) is 0 Å². The third-order valence-electron chi connectivity index (χ3n) is 4.60. The quantitative estimate of drug-likeness (QED) is 0.772. The second-order valence-corrected chi connectivity index (χ2v) is 6.42. The summed E-state index contributed by atoms with van der Waals surface area (Å²) < 4.78 is 0. The second kappa shape index (κ2) is 7.02. The van der Waals surface area contributed by atoms with Gasteiger partial charge in [-0.2, -0.15) is 10.1 Å². The third kappa shape index (κ3) is 3.19. The molecule has 1 fully saturated rings. The number of allylic oxidation sites excluding steroid dienone is 2. The summed E-state index contributed by atoms with van der Waals surface area (Å²) >= 11 is 0. The highest BCUT2D eigenvalue weighted by atomic mass is 16.2. The molecule has 3 aliphatic heterocycles. The van der Waals surface area contributed by atoms with Gasteiger partial charge in [-0.1, -0.05) is 23.9 Å². The molecule has 3 aliphatic rings. The summed E-state index contributed by atoms with van der Waals surface area (Å²) in [6.45, 7) is 4.89. The fourth-order valence-corrected chi connectivity index (χ4v) is 3.27. The molecule has 0 atom stereocenters. The fraction of sp³-hybridized carbons (Fsp3) is 0.300. The summed E-state index contributed by atoms with van der Waals surface area (Å²) in [6, 6.07) is 9.46. The van der Waals surface area contributed by atoms with Gasteiger partial charge in [-0.3, -0.25) is 4.79 Å². The number of hydrogen-bond acceptors (Lipinski definition) is 5. The normalized spacial score (nSPS) is 19.4. The number of carbonyl (C=O) groups is 1. The molecule has 132 valence electrons. The Kier molecular flexibility index (Phi) is 4.42. The molecular formula is C20H21N5O. The van der Waals surface area contributed by atoms with E-state index in [1.807, 2.05) is 65.5 Å². The van der Waals surface area contributed by atoms with Crippen LogP contribution in [0.1, 0.15) is 23.7 Å². The molecule has 26 heavy (non-hydrogen) atoms. The molecule has 1 aromatic rings. The minimum atomic E-state index is 0.0944. The molecule has 0 saturated carbocycles. The van der Waals surface area contributed by atoms with Crippen molar-refractivity contribution in [3.63, 3.8) is 0 Å². The molecule has 6 heteroatoms. The molecule has 6 nitrogen and oxygen atoms in total. The Morgan fingerprint density at radius 3 is 2.65 bits per heavy atom. The van der Waals surface area contributed by atoms with Crippen molar-refractivity contribution in [1.82, 2.24) is 14.8 Å². The first-order valence-corrected chi connectivity index (χ1v) is 8.86. The number of fused-ring (bicyclic) bond motifs is 1. The van der Waals surface area contributed by atoms with Crippen LogP contribution in [0.4, 0.5) is 0 Å². The highest BCUT2D eigenvalue weighted by Gasteiger charge is 2.28. The van der Waals surface area contributed by atoms with E-state index in [-0.39, 0.29) is 5.91 Å². The van der Waals surface area contributed by atoms with Crippen molar-refractivity contribution >= 4 is 17.8 Å². The molecule has 1 aromatic carbocycles. The molecule has 4 rings (SSSR count). The van der Waals surface area contributed by atoms with Gasteiger partial charge in [-0.15, -0.1) is 0 Å². The first-order valence-electron chi connectivity index (χ1n) is 8.86. The number of nitrogens with zero attached hydrogens (tertiary/aromatic N) is 5. The fourth-order valence-electron chi connectivity index (χ4n) is 3.27. The average Bonchev–Trinajstić information content (AvgIpc) is 2.93. The Morgan fingerprint density at radius 1 is 1.12 bits per heavy atom. The van der Waals surface area contributed by atoms with Crippen molar-refractivity contribution in [2.24, 2.45) is 10.1 Å². The third-order valence-corrected chi connectivity index (χ3v) is 4.60. The summed E-state index contributed by atoms with van der Waals surface area (Å²) in [7, 11) is 0. The van der Waals surface area contributed by atoms with Crippen molar-refractivity contribution < 1.29 is 4.79 Å². The Bertz CT molecular complexity index is 853. The zero-order chi connectivity index (χ0) is 17.9. The minimum Gasteiger partial charge on any atom is -0.353 e. The van der Waals surface area contributed by atoms with E-state index in [1.54, 1.807) is 0 Å². The van der Waals surface area contributed by atoms with Crippen LogP contribution >= 0.6 is 0 Å². The van der Waals surface area contributed by atoms with E-state index in [4.69, 9.17) is 0 Å². The predicted octanol–water partition coefficient (Wildman–Crippen LogP) is 2.45. The molecule has 0 radical (unpaired) electrons. The van der Waals surface area contributed by atoms with E-state index in [0.29, 0.717) is 13.1 Å². The molecule has 0 aromatic heterocycles. The van der Waals surface area contributed by atoms with Crippen LogP contribution < -0.4 is 0 Å². The van der Waals surface area contributed by atoms with Crippen molar-refractivity contribution in [3.05, 3.63) is 65.4 Å². The van der Waals surface area contributed by atoms with E-state index in [2.05, 4.69) is 20.7 Å². The SMILES string of the molecule is CC1=NC2=C=CCC=NN2C(N2CCN(C(=O)c3ccccc3)CC2)=C1. The summed E-state index contributed by atoms with van der Waals surface area (Å²) in [5.41, 5.74) is 4.89. The molecule has 3 heterocycles. The van der Waals surface area contributed by atoms with Crippen molar-refractivity contribution in [2.75, 3.05) is 26.2 Å². The van der Waals surface area contributed by atoms with Crippen LogP contribution in [-0.4, -0.2) is 58.8 Å². The van der Waals surface area contributed by atoms with Gasteiger partial charge in [0.2, 0.25) is 0 Å². The van der Waals surface area contributed by atoms with E-state index >= 15 is 0 Å². The number of hydrogen-bond donors (Lipinski definition) is 0. The smallest absolute Gasteiger partial charge is 0.253 e. The zero-order valence-electron chi connectivity index (χ0n) is 14.8. The molecule has 0 unspecified atom stereocenters. The largest absolute Gasteiger partial charge is 0.353 e. The Labute approximate surface area is 153 Å². The lowest BCUT2D eigenvalue weighted by Crippen LogP contribution is -2.50. The number of amides is 1. The van der Waals surface area contributed by atoms with Crippen molar-refractivity contribution in [1.29, 1.82) is 0 Å². The zero-order valence-corrected chi connectivity index (χ0v) is 14.8. The lowest BCUT2D eigenvalue weighted by atomic mass is 10.2. The van der Waals surface area contributed by atoms with Gasteiger partial charge in [0, 0.05) is 56.2 Å². The Balaban J connectivity index is 1.49.